The third kappa shape index (κ3) is 7.33. The number of amides is 1. The van der Waals surface area contributed by atoms with Gasteiger partial charge in [0, 0.05) is 20.0 Å². The highest BCUT2D eigenvalue weighted by molar-refractivity contribution is 5.76. The summed E-state index contributed by atoms with van der Waals surface area (Å²) in [4.78, 5) is 13.3. The van der Waals surface area contributed by atoms with Crippen molar-refractivity contribution in [3.8, 4) is 0 Å². The first kappa shape index (κ1) is 14.4. The third-order valence-electron chi connectivity index (χ3n) is 2.23. The maximum atomic E-state index is 11.6. The second-order valence-electron chi connectivity index (χ2n) is 4.28. The summed E-state index contributed by atoms with van der Waals surface area (Å²) in [6, 6.07) is 0. The molecule has 0 aliphatic heterocycles. The van der Waals surface area contributed by atoms with Crippen LogP contribution in [0.2, 0.25) is 0 Å². The number of carbonyl (C=O) groups excluding carboxylic acids is 1. The van der Waals surface area contributed by atoms with Crippen LogP contribution in [0.25, 0.3) is 0 Å². The molecule has 1 amide bonds. The summed E-state index contributed by atoms with van der Waals surface area (Å²) in [7, 11) is 1.80. The molecular formula is C11H24N2O2. The van der Waals surface area contributed by atoms with Crippen LogP contribution in [0, 0.1) is 5.92 Å². The number of hydrogen-bond acceptors (Lipinski definition) is 3. The number of ether oxygens (including phenoxy) is 1. The number of carbonyl (C=O) groups is 1. The van der Waals surface area contributed by atoms with Gasteiger partial charge in [0.15, 0.2) is 0 Å². The molecule has 0 aliphatic carbocycles. The van der Waals surface area contributed by atoms with Crippen molar-refractivity contribution in [2.75, 3.05) is 26.7 Å². The Labute approximate surface area is 92.8 Å². The van der Waals surface area contributed by atoms with Gasteiger partial charge in [-0.1, -0.05) is 6.92 Å². The Morgan fingerprint density at radius 1 is 1.40 bits per heavy atom. The molecule has 0 aromatic carbocycles. The highest BCUT2D eigenvalue weighted by atomic mass is 16.5. The minimum atomic E-state index is 0.139. The Morgan fingerprint density at radius 2 is 2.00 bits per heavy atom. The first-order valence-corrected chi connectivity index (χ1v) is 5.53. The molecule has 90 valence electrons. The first-order valence-electron chi connectivity index (χ1n) is 5.53. The fourth-order valence-corrected chi connectivity index (χ4v) is 1.09. The van der Waals surface area contributed by atoms with Crippen LogP contribution in [-0.4, -0.2) is 43.7 Å². The molecular weight excluding hydrogens is 192 g/mol. The number of hydrogen-bond donors (Lipinski definition) is 1. The van der Waals surface area contributed by atoms with Gasteiger partial charge in [0.1, 0.15) is 0 Å². The predicted octanol–water partition coefficient (Wildman–Crippen LogP) is 0.855. The van der Waals surface area contributed by atoms with Crippen molar-refractivity contribution < 1.29 is 9.53 Å². The lowest BCUT2D eigenvalue weighted by Crippen LogP contribution is -2.32. The minimum Gasteiger partial charge on any atom is -0.377 e. The first-order chi connectivity index (χ1) is 6.97. The number of nitrogens with two attached hydrogens (primary N) is 1. The lowest BCUT2D eigenvalue weighted by molar-refractivity contribution is -0.131. The van der Waals surface area contributed by atoms with Gasteiger partial charge in [-0.05, 0) is 26.3 Å². The Kier molecular flexibility index (Phi) is 7.34. The topological polar surface area (TPSA) is 55.6 Å². The second kappa shape index (κ2) is 7.65. The fourth-order valence-electron chi connectivity index (χ4n) is 1.09. The Bertz CT molecular complexity index is 183. The zero-order valence-electron chi connectivity index (χ0n) is 10.3. The molecule has 0 rings (SSSR count). The molecule has 4 heteroatoms. The fraction of sp³-hybridized carbons (Fsp3) is 0.909. The molecule has 4 nitrogen and oxygen atoms in total. The average Bonchev–Trinajstić information content (AvgIpc) is 2.16. The van der Waals surface area contributed by atoms with Gasteiger partial charge < -0.3 is 15.4 Å². The molecule has 0 saturated carbocycles. The van der Waals surface area contributed by atoms with E-state index in [0.29, 0.717) is 26.1 Å². The molecule has 0 aromatic rings. The highest BCUT2D eigenvalue weighted by Crippen LogP contribution is 2.02. The van der Waals surface area contributed by atoms with Crippen LogP contribution in [0.15, 0.2) is 0 Å². The molecule has 0 heterocycles. The third-order valence-corrected chi connectivity index (χ3v) is 2.23. The second-order valence-corrected chi connectivity index (χ2v) is 4.28. The predicted molar refractivity (Wildman–Crippen MR) is 61.6 cm³/mol. The molecule has 1 unspecified atom stereocenters. The van der Waals surface area contributed by atoms with Crippen LogP contribution in [0.4, 0.5) is 0 Å². The summed E-state index contributed by atoms with van der Waals surface area (Å²) in [5, 5.41) is 0. The molecule has 0 radical (unpaired) electrons. The van der Waals surface area contributed by atoms with E-state index in [2.05, 4.69) is 0 Å². The normalized spacial score (nSPS) is 12.9. The van der Waals surface area contributed by atoms with E-state index in [-0.39, 0.29) is 17.9 Å². The highest BCUT2D eigenvalue weighted by Gasteiger charge is 2.12. The summed E-state index contributed by atoms with van der Waals surface area (Å²) in [5.41, 5.74) is 5.46. The lowest BCUT2D eigenvalue weighted by atomic mass is 10.1. The molecule has 0 spiro atoms. The van der Waals surface area contributed by atoms with Gasteiger partial charge >= 0.3 is 0 Å². The number of rotatable bonds is 7. The average molecular weight is 216 g/mol. The van der Waals surface area contributed by atoms with Gasteiger partial charge in [0.2, 0.25) is 5.91 Å². The Morgan fingerprint density at radius 3 is 2.47 bits per heavy atom. The summed E-state index contributed by atoms with van der Waals surface area (Å²) >= 11 is 0. The zero-order chi connectivity index (χ0) is 11.8. The molecule has 15 heavy (non-hydrogen) atoms. The van der Waals surface area contributed by atoms with Crippen LogP contribution < -0.4 is 5.73 Å². The van der Waals surface area contributed by atoms with Crippen molar-refractivity contribution in [1.29, 1.82) is 0 Å². The van der Waals surface area contributed by atoms with Crippen molar-refractivity contribution in [1.82, 2.24) is 4.90 Å². The van der Waals surface area contributed by atoms with Crippen molar-refractivity contribution in [2.24, 2.45) is 11.7 Å². The van der Waals surface area contributed by atoms with Gasteiger partial charge in [-0.15, -0.1) is 0 Å². The van der Waals surface area contributed by atoms with Gasteiger partial charge in [0.05, 0.1) is 12.7 Å². The molecule has 0 fully saturated rings. The van der Waals surface area contributed by atoms with Crippen LogP contribution in [-0.2, 0) is 9.53 Å². The van der Waals surface area contributed by atoms with Crippen molar-refractivity contribution in [2.45, 2.75) is 33.3 Å². The smallest absolute Gasteiger partial charge is 0.222 e. The van der Waals surface area contributed by atoms with Gasteiger partial charge in [-0.2, -0.15) is 0 Å². The van der Waals surface area contributed by atoms with Crippen molar-refractivity contribution in [3.05, 3.63) is 0 Å². The van der Waals surface area contributed by atoms with Gasteiger partial charge in [-0.3, -0.25) is 4.79 Å². The van der Waals surface area contributed by atoms with Crippen LogP contribution in [0.3, 0.4) is 0 Å². The maximum absolute atomic E-state index is 11.6. The standard InChI is InChI=1S/C11H24N2O2/c1-9(2)15-6-5-13(4)11(14)7-10(3)8-12/h9-10H,5-8,12H2,1-4H3. The van der Waals surface area contributed by atoms with Crippen LogP contribution in [0.5, 0.6) is 0 Å². The van der Waals surface area contributed by atoms with E-state index in [1.54, 1.807) is 11.9 Å². The molecule has 2 N–H and O–H groups in total. The van der Waals surface area contributed by atoms with Crippen molar-refractivity contribution >= 4 is 5.91 Å². The Balaban J connectivity index is 3.69. The van der Waals surface area contributed by atoms with E-state index in [1.807, 2.05) is 20.8 Å². The zero-order valence-corrected chi connectivity index (χ0v) is 10.3. The van der Waals surface area contributed by atoms with E-state index in [1.165, 1.54) is 0 Å². The molecule has 0 bridgehead atoms. The number of nitrogens with zero attached hydrogens (tertiary/aromatic N) is 1. The summed E-state index contributed by atoms with van der Waals surface area (Å²) < 4.78 is 5.38. The summed E-state index contributed by atoms with van der Waals surface area (Å²) in [6.07, 6.45) is 0.741. The van der Waals surface area contributed by atoms with E-state index in [9.17, 15) is 4.79 Å². The lowest BCUT2D eigenvalue weighted by Gasteiger charge is -2.19. The van der Waals surface area contributed by atoms with E-state index < -0.39 is 0 Å². The summed E-state index contributed by atoms with van der Waals surface area (Å²) in [6.45, 7) is 7.75. The van der Waals surface area contributed by atoms with E-state index in [0.717, 1.165) is 0 Å². The molecule has 0 aromatic heterocycles. The van der Waals surface area contributed by atoms with E-state index in [4.69, 9.17) is 10.5 Å². The summed E-state index contributed by atoms with van der Waals surface area (Å²) in [5.74, 6) is 0.395. The monoisotopic (exact) mass is 216 g/mol. The quantitative estimate of drug-likeness (QED) is 0.686. The Hall–Kier alpha value is -0.610. The molecule has 0 aliphatic rings. The van der Waals surface area contributed by atoms with Crippen LogP contribution in [0.1, 0.15) is 27.2 Å². The minimum absolute atomic E-state index is 0.139. The maximum Gasteiger partial charge on any atom is 0.222 e. The van der Waals surface area contributed by atoms with E-state index >= 15 is 0 Å². The molecule has 1 atom stereocenters. The largest absolute Gasteiger partial charge is 0.377 e. The van der Waals surface area contributed by atoms with Crippen LogP contribution >= 0.6 is 0 Å². The number of likely N-dealkylation sites (N-methyl/N-ethyl adjacent to an activating group) is 1. The SMILES string of the molecule is CC(CN)CC(=O)N(C)CCOC(C)C. The van der Waals surface area contributed by atoms with Crippen molar-refractivity contribution in [3.63, 3.8) is 0 Å². The molecule has 0 saturated heterocycles. The van der Waals surface area contributed by atoms with Gasteiger partial charge in [-0.25, -0.2) is 0 Å². The van der Waals surface area contributed by atoms with Gasteiger partial charge in [0.25, 0.3) is 0 Å².